The Labute approximate surface area is 212 Å². The van der Waals surface area contributed by atoms with Crippen LogP contribution in [0.4, 0.5) is 0 Å². The third-order valence-corrected chi connectivity index (χ3v) is 13.1. The van der Waals surface area contributed by atoms with Gasteiger partial charge < -0.3 is 9.80 Å². The highest BCUT2D eigenvalue weighted by Gasteiger charge is 2.27. The molecule has 0 saturated carbocycles. The molecule has 0 N–H and O–H groups in total. The van der Waals surface area contributed by atoms with Crippen LogP contribution in [-0.4, -0.2) is 57.1 Å². The van der Waals surface area contributed by atoms with Gasteiger partial charge in [0.25, 0.3) is 0 Å². The summed E-state index contributed by atoms with van der Waals surface area (Å²) in [7, 11) is -1.15. The van der Waals surface area contributed by atoms with Crippen LogP contribution in [-0.2, 0) is 0 Å². The second-order valence-electron chi connectivity index (χ2n) is 11.9. The lowest BCUT2D eigenvalue weighted by Crippen LogP contribution is -2.34. The smallest absolute Gasteiger partial charge is 0.0505 e. The molecule has 0 radical (unpaired) electrons. The summed E-state index contributed by atoms with van der Waals surface area (Å²) in [5.74, 6) is 2.71. The van der Waals surface area contributed by atoms with Crippen molar-refractivity contribution < 1.29 is 0 Å². The molecule has 0 aromatic carbocycles. The Morgan fingerprint density at radius 1 is 0.606 bits per heavy atom. The fourth-order valence-electron chi connectivity index (χ4n) is 5.48. The lowest BCUT2D eigenvalue weighted by molar-refractivity contribution is 0.260. The minimum absolute atomic E-state index is 0.851. The molecule has 0 amide bonds. The maximum absolute atomic E-state index is 2.76. The largest absolute Gasteiger partial charge is 0.304 e. The van der Waals surface area contributed by atoms with Crippen LogP contribution in [0.15, 0.2) is 0 Å². The molecule has 2 nitrogen and oxygen atoms in total. The van der Waals surface area contributed by atoms with Crippen LogP contribution in [0.1, 0.15) is 113 Å². The van der Waals surface area contributed by atoms with Crippen LogP contribution in [0.2, 0.25) is 24.7 Å². The first kappa shape index (κ1) is 33.1. The molecular formula is C30H66N2Si. The van der Waals surface area contributed by atoms with Gasteiger partial charge in [0.2, 0.25) is 0 Å². The van der Waals surface area contributed by atoms with E-state index in [0.717, 1.165) is 17.8 Å². The summed E-state index contributed by atoms with van der Waals surface area (Å²) in [6, 6.07) is 4.67. The van der Waals surface area contributed by atoms with Crippen molar-refractivity contribution in [3.8, 4) is 0 Å². The molecule has 200 valence electrons. The van der Waals surface area contributed by atoms with Crippen LogP contribution in [0.3, 0.4) is 0 Å². The molecular weight excluding hydrogens is 416 g/mol. The molecule has 0 bridgehead atoms. The molecule has 0 spiro atoms. The maximum atomic E-state index is 2.76. The molecule has 3 unspecified atom stereocenters. The van der Waals surface area contributed by atoms with E-state index in [0.29, 0.717) is 0 Å². The van der Waals surface area contributed by atoms with E-state index >= 15 is 0 Å². The zero-order chi connectivity index (χ0) is 25.1. The molecule has 0 aromatic heterocycles. The summed E-state index contributed by atoms with van der Waals surface area (Å²) in [5.41, 5.74) is 0. The van der Waals surface area contributed by atoms with E-state index in [-0.39, 0.29) is 0 Å². The Bertz CT molecular complexity index is 424. The third kappa shape index (κ3) is 17.2. The van der Waals surface area contributed by atoms with Crippen LogP contribution < -0.4 is 0 Å². The average molecular weight is 483 g/mol. The van der Waals surface area contributed by atoms with E-state index in [4.69, 9.17) is 0 Å². The first-order valence-electron chi connectivity index (χ1n) is 15.2. The van der Waals surface area contributed by atoms with Crippen molar-refractivity contribution in [3.05, 3.63) is 0 Å². The second-order valence-corrected chi connectivity index (χ2v) is 17.1. The van der Waals surface area contributed by atoms with Crippen LogP contribution >= 0.6 is 0 Å². The van der Waals surface area contributed by atoms with E-state index < -0.39 is 8.07 Å². The number of nitrogens with zero attached hydrogens (tertiary/aromatic N) is 2. The molecule has 0 aliphatic heterocycles. The number of hydrogen-bond donors (Lipinski definition) is 0. The van der Waals surface area contributed by atoms with Gasteiger partial charge in [0.05, 0.1) is 8.07 Å². The van der Waals surface area contributed by atoms with Crippen molar-refractivity contribution in [2.24, 2.45) is 17.8 Å². The molecule has 0 heterocycles. The first-order valence-corrected chi connectivity index (χ1v) is 18.3. The molecule has 3 heteroatoms. The zero-order valence-corrected chi connectivity index (χ0v) is 25.9. The van der Waals surface area contributed by atoms with Crippen molar-refractivity contribution in [2.75, 3.05) is 39.3 Å². The lowest BCUT2D eigenvalue weighted by atomic mass is 9.96. The molecule has 33 heavy (non-hydrogen) atoms. The Balaban J connectivity index is 4.70. The van der Waals surface area contributed by atoms with Crippen LogP contribution in [0.25, 0.3) is 0 Å². The van der Waals surface area contributed by atoms with Gasteiger partial charge >= 0.3 is 0 Å². The highest BCUT2D eigenvalue weighted by Crippen LogP contribution is 2.30. The SMILES string of the molecule is CCCC(CC)CC[Si](C)(CCCN(CC)CC)CCCN(CC)CCC(C)CCC(C)C. The molecule has 0 fully saturated rings. The summed E-state index contributed by atoms with van der Waals surface area (Å²) < 4.78 is 0. The highest BCUT2D eigenvalue weighted by atomic mass is 28.3. The Kier molecular flexibility index (Phi) is 20.4. The molecule has 0 saturated heterocycles. The second kappa shape index (κ2) is 20.3. The minimum atomic E-state index is -1.15. The van der Waals surface area contributed by atoms with Crippen molar-refractivity contribution in [2.45, 2.75) is 138 Å². The average Bonchev–Trinajstić information content (AvgIpc) is 2.80. The van der Waals surface area contributed by atoms with Gasteiger partial charge in [0.1, 0.15) is 0 Å². The summed E-state index contributed by atoms with van der Waals surface area (Å²) in [6.45, 7) is 29.4. The summed E-state index contributed by atoms with van der Waals surface area (Å²) in [6.07, 6.45) is 12.7. The van der Waals surface area contributed by atoms with E-state index in [2.05, 4.69) is 71.7 Å². The molecule has 0 aliphatic rings. The monoisotopic (exact) mass is 482 g/mol. The van der Waals surface area contributed by atoms with Gasteiger partial charge in [0.15, 0.2) is 0 Å². The fraction of sp³-hybridized carbons (Fsp3) is 1.00. The topological polar surface area (TPSA) is 6.48 Å². The van der Waals surface area contributed by atoms with Crippen molar-refractivity contribution in [3.63, 3.8) is 0 Å². The van der Waals surface area contributed by atoms with Gasteiger partial charge in [-0.25, -0.2) is 0 Å². The van der Waals surface area contributed by atoms with Gasteiger partial charge in [-0.15, -0.1) is 0 Å². The predicted octanol–water partition coefficient (Wildman–Crippen LogP) is 9.19. The van der Waals surface area contributed by atoms with Crippen molar-refractivity contribution in [1.29, 1.82) is 0 Å². The predicted molar refractivity (Wildman–Crippen MR) is 156 cm³/mol. The number of hydrogen-bond acceptors (Lipinski definition) is 2. The third-order valence-electron chi connectivity index (χ3n) is 8.46. The van der Waals surface area contributed by atoms with E-state index in [1.807, 2.05) is 0 Å². The molecule has 3 atom stereocenters. The zero-order valence-electron chi connectivity index (χ0n) is 24.9. The normalized spacial score (nSPS) is 16.0. The summed E-state index contributed by atoms with van der Waals surface area (Å²) >= 11 is 0. The van der Waals surface area contributed by atoms with Gasteiger partial charge in [-0.1, -0.05) is 119 Å². The fourth-order valence-corrected chi connectivity index (χ4v) is 9.36. The molecule has 0 aromatic rings. The quantitative estimate of drug-likeness (QED) is 0.134. The first-order chi connectivity index (χ1) is 15.7. The van der Waals surface area contributed by atoms with Crippen molar-refractivity contribution in [1.82, 2.24) is 9.80 Å². The van der Waals surface area contributed by atoms with Crippen LogP contribution in [0.5, 0.6) is 0 Å². The molecule has 0 aliphatic carbocycles. The van der Waals surface area contributed by atoms with E-state index in [9.17, 15) is 0 Å². The lowest BCUT2D eigenvalue weighted by Gasteiger charge is -2.32. The highest BCUT2D eigenvalue weighted by molar-refractivity contribution is 6.78. The summed E-state index contributed by atoms with van der Waals surface area (Å²) in [4.78, 5) is 5.38. The summed E-state index contributed by atoms with van der Waals surface area (Å²) in [5, 5.41) is 0. The van der Waals surface area contributed by atoms with E-state index in [1.54, 1.807) is 18.1 Å². The van der Waals surface area contributed by atoms with Gasteiger partial charge in [0, 0.05) is 0 Å². The molecule has 0 rings (SSSR count). The Morgan fingerprint density at radius 3 is 1.67 bits per heavy atom. The Morgan fingerprint density at radius 2 is 1.18 bits per heavy atom. The minimum Gasteiger partial charge on any atom is -0.304 e. The number of rotatable bonds is 23. The van der Waals surface area contributed by atoms with E-state index in [1.165, 1.54) is 97.1 Å². The van der Waals surface area contributed by atoms with Crippen LogP contribution in [0, 0.1) is 17.8 Å². The standard InChI is InChI=1S/C30H66N2Si/c1-10-17-30(11-2)21-27-33(9,25-15-22-31(12-3)13-4)26-16-23-32(14-5)24-20-29(8)19-18-28(6)7/h28-30H,10-27H2,1-9H3. The Hall–Kier alpha value is 0.137. The van der Waals surface area contributed by atoms with Gasteiger partial charge in [-0.05, 0) is 76.3 Å². The van der Waals surface area contributed by atoms with Crippen molar-refractivity contribution >= 4 is 8.07 Å². The maximum Gasteiger partial charge on any atom is 0.0505 e. The van der Waals surface area contributed by atoms with Gasteiger partial charge in [-0.2, -0.15) is 0 Å². The van der Waals surface area contributed by atoms with Gasteiger partial charge in [-0.3, -0.25) is 0 Å².